The van der Waals surface area contributed by atoms with Crippen LogP contribution in [0.5, 0.6) is 0 Å². The van der Waals surface area contributed by atoms with Crippen molar-refractivity contribution in [2.75, 3.05) is 0 Å². The number of benzene rings is 3. The van der Waals surface area contributed by atoms with E-state index < -0.39 is 13.2 Å². The van der Waals surface area contributed by atoms with Crippen molar-refractivity contribution in [1.82, 2.24) is 0 Å². The Hall–Kier alpha value is -2.90. The minimum atomic E-state index is -2.38. The van der Waals surface area contributed by atoms with Crippen LogP contribution in [0, 0.1) is 0 Å². The second-order valence-electron chi connectivity index (χ2n) is 7.04. The molecule has 0 heterocycles. The predicted molar refractivity (Wildman–Crippen MR) is 119 cm³/mol. The second-order valence-corrected chi connectivity index (χ2v) is 10.3. The summed E-state index contributed by atoms with van der Waals surface area (Å²) in [6.45, 7) is 3.56. The summed E-state index contributed by atoms with van der Waals surface area (Å²) in [5.74, 6) is 1.06. The zero-order chi connectivity index (χ0) is 20.7. The molecule has 3 nitrogen and oxygen atoms in total. The third kappa shape index (κ3) is 4.93. The lowest BCUT2D eigenvalue weighted by atomic mass is 10.3. The molecule has 148 valence electrons. The average molecular weight is 404 g/mol. The van der Waals surface area contributed by atoms with E-state index in [9.17, 15) is 9.90 Å². The van der Waals surface area contributed by atoms with Gasteiger partial charge in [-0.05, 0) is 50.2 Å². The van der Waals surface area contributed by atoms with Crippen LogP contribution in [-0.2, 0) is 9.53 Å². The molecule has 3 aromatic rings. The maximum Gasteiger partial charge on any atom is 0.309 e. The highest BCUT2D eigenvalue weighted by Gasteiger charge is 2.43. The zero-order valence-corrected chi connectivity index (χ0v) is 17.6. The fraction of sp³-hybridized carbons (Fsp3) is 0.160. The van der Waals surface area contributed by atoms with E-state index in [4.69, 9.17) is 4.74 Å². The first-order valence-corrected chi connectivity index (χ1v) is 11.5. The second kappa shape index (κ2) is 9.54. The number of esters is 1. The number of ether oxygens (including phenoxy) is 1. The van der Waals surface area contributed by atoms with Crippen LogP contribution >= 0.6 is 7.26 Å². The van der Waals surface area contributed by atoms with Crippen molar-refractivity contribution < 1.29 is 14.6 Å². The van der Waals surface area contributed by atoms with Crippen LogP contribution in [0.15, 0.2) is 103 Å². The van der Waals surface area contributed by atoms with E-state index in [0.717, 1.165) is 15.9 Å². The molecule has 0 bridgehead atoms. The lowest BCUT2D eigenvalue weighted by Crippen LogP contribution is -2.31. The van der Waals surface area contributed by atoms with Crippen LogP contribution in [0.1, 0.15) is 20.3 Å². The van der Waals surface area contributed by atoms with Gasteiger partial charge < -0.3 is 9.84 Å². The third-order valence-corrected chi connectivity index (χ3v) is 8.53. The molecule has 0 atom stereocenters. The van der Waals surface area contributed by atoms with Crippen molar-refractivity contribution in [3.05, 3.63) is 103 Å². The van der Waals surface area contributed by atoms with E-state index in [-0.39, 0.29) is 18.3 Å². The number of hydrogen-bond acceptors (Lipinski definition) is 3. The molecule has 29 heavy (non-hydrogen) atoms. The summed E-state index contributed by atoms with van der Waals surface area (Å²) in [4.78, 5) is 12.1. The Morgan fingerprint density at radius 3 is 1.55 bits per heavy atom. The van der Waals surface area contributed by atoms with Crippen molar-refractivity contribution in [2.45, 2.75) is 26.4 Å². The molecule has 0 spiro atoms. The van der Waals surface area contributed by atoms with E-state index >= 15 is 0 Å². The fourth-order valence-corrected chi connectivity index (χ4v) is 7.16. The molecule has 0 saturated heterocycles. The van der Waals surface area contributed by atoms with Gasteiger partial charge in [-0.2, -0.15) is 0 Å². The van der Waals surface area contributed by atoms with Gasteiger partial charge in [-0.1, -0.05) is 60.4 Å². The molecular weight excluding hydrogens is 379 g/mol. The van der Waals surface area contributed by atoms with Crippen molar-refractivity contribution in [3.8, 4) is 0 Å². The van der Waals surface area contributed by atoms with Gasteiger partial charge in [0.15, 0.2) is 0 Å². The molecule has 0 aromatic heterocycles. The third-order valence-electron chi connectivity index (χ3n) is 4.51. The van der Waals surface area contributed by atoms with Gasteiger partial charge >= 0.3 is 5.97 Å². The Morgan fingerprint density at radius 2 is 1.21 bits per heavy atom. The summed E-state index contributed by atoms with van der Waals surface area (Å²) in [5.41, 5.74) is 0. The van der Waals surface area contributed by atoms with E-state index in [1.54, 1.807) is 19.7 Å². The molecular formula is C25H25O3P. The van der Waals surface area contributed by atoms with Crippen LogP contribution in [0.25, 0.3) is 0 Å². The molecule has 3 aromatic carbocycles. The zero-order valence-electron chi connectivity index (χ0n) is 16.7. The standard InChI is InChI=1S/C25H25O3P/c1-20(2)28-25(27)18-21(26)19-29(22-12-6-3-7-13-22,23-14-8-4-9-15-23)24-16-10-5-11-17-24/h3-17,19-20H,18H2,1-2H3/b21-19-. The van der Waals surface area contributed by atoms with Gasteiger partial charge in [0, 0.05) is 0 Å². The molecule has 0 aliphatic heterocycles. The highest BCUT2D eigenvalue weighted by Crippen LogP contribution is 2.57. The first kappa shape index (κ1) is 20.8. The van der Waals surface area contributed by atoms with Crippen molar-refractivity contribution >= 4 is 29.1 Å². The lowest BCUT2D eigenvalue weighted by Gasteiger charge is -2.26. The van der Waals surface area contributed by atoms with Crippen LogP contribution in [0.4, 0.5) is 0 Å². The molecule has 0 radical (unpaired) electrons. The van der Waals surface area contributed by atoms with Gasteiger partial charge in [0.1, 0.15) is 23.2 Å². The molecule has 0 unspecified atom stereocenters. The van der Waals surface area contributed by atoms with E-state index in [1.807, 2.05) is 54.6 Å². The summed E-state index contributed by atoms with van der Waals surface area (Å²) < 4.78 is 5.19. The lowest BCUT2D eigenvalue weighted by molar-refractivity contribution is -0.305. The minimum Gasteiger partial charge on any atom is -0.873 e. The maximum absolute atomic E-state index is 13.0. The Balaban J connectivity index is 2.20. The number of carbonyl (C=O) groups is 1. The average Bonchev–Trinajstić information content (AvgIpc) is 2.73. The monoisotopic (exact) mass is 404 g/mol. The topological polar surface area (TPSA) is 49.4 Å². The first-order valence-electron chi connectivity index (χ1n) is 9.66. The molecule has 0 N–H and O–H groups in total. The molecule has 3 rings (SSSR count). The summed E-state index contributed by atoms with van der Waals surface area (Å²) in [7, 11) is -2.38. The van der Waals surface area contributed by atoms with Crippen LogP contribution in [0.2, 0.25) is 0 Å². The number of rotatable bonds is 7. The molecule has 0 amide bonds. The summed E-state index contributed by atoms with van der Waals surface area (Å²) in [6, 6.07) is 30.2. The van der Waals surface area contributed by atoms with Crippen molar-refractivity contribution in [2.24, 2.45) is 0 Å². The highest BCUT2D eigenvalue weighted by atomic mass is 31.2. The number of carbonyl (C=O) groups excluding carboxylic acids is 1. The van der Waals surface area contributed by atoms with Crippen LogP contribution in [0.3, 0.4) is 0 Å². The minimum absolute atomic E-state index is 0.222. The van der Waals surface area contributed by atoms with Gasteiger partial charge in [0.25, 0.3) is 0 Å². The molecule has 0 aliphatic carbocycles. The smallest absolute Gasteiger partial charge is 0.309 e. The van der Waals surface area contributed by atoms with Crippen LogP contribution < -0.4 is 21.0 Å². The first-order chi connectivity index (χ1) is 14.0. The Kier molecular flexibility index (Phi) is 6.85. The quantitative estimate of drug-likeness (QED) is 0.344. The van der Waals surface area contributed by atoms with Crippen molar-refractivity contribution in [3.63, 3.8) is 0 Å². The summed E-state index contributed by atoms with van der Waals surface area (Å²) in [6.07, 6.45) is -0.501. The van der Waals surface area contributed by atoms with Gasteiger partial charge in [-0.3, -0.25) is 4.79 Å². The van der Waals surface area contributed by atoms with Gasteiger partial charge in [0.05, 0.1) is 18.3 Å². The predicted octanol–water partition coefficient (Wildman–Crippen LogP) is 3.52. The van der Waals surface area contributed by atoms with E-state index in [2.05, 4.69) is 36.4 Å². The maximum atomic E-state index is 13.0. The Morgan fingerprint density at radius 1 is 0.828 bits per heavy atom. The molecule has 0 aliphatic rings. The molecule has 0 saturated carbocycles. The number of hydrogen-bond donors (Lipinski definition) is 0. The van der Waals surface area contributed by atoms with E-state index in [1.165, 1.54) is 0 Å². The van der Waals surface area contributed by atoms with Crippen LogP contribution in [-0.4, -0.2) is 12.1 Å². The Bertz CT molecular complexity index is 854. The largest absolute Gasteiger partial charge is 0.873 e. The molecule has 4 heteroatoms. The SMILES string of the molecule is CC(C)OC(=O)C/C([O-])=C/[P+](c1ccccc1)(c1ccccc1)c1ccccc1. The van der Waals surface area contributed by atoms with Crippen molar-refractivity contribution in [1.29, 1.82) is 0 Å². The summed E-state index contributed by atoms with van der Waals surface area (Å²) >= 11 is 0. The highest BCUT2D eigenvalue weighted by molar-refractivity contribution is 7.98. The summed E-state index contributed by atoms with van der Waals surface area (Å²) in [5, 5.41) is 16.3. The molecule has 0 fully saturated rings. The van der Waals surface area contributed by atoms with Gasteiger partial charge in [-0.15, -0.1) is 0 Å². The van der Waals surface area contributed by atoms with E-state index in [0.29, 0.717) is 0 Å². The Labute approximate surface area is 173 Å². The van der Waals surface area contributed by atoms with Gasteiger partial charge in [-0.25, -0.2) is 0 Å². The normalized spacial score (nSPS) is 12.0. The fourth-order valence-electron chi connectivity index (χ4n) is 3.37. The van der Waals surface area contributed by atoms with Gasteiger partial charge in [0.2, 0.25) is 0 Å².